The molecule has 0 amide bonds. The van der Waals surface area contributed by atoms with Gasteiger partial charge in [0.25, 0.3) is 0 Å². The normalized spacial score (nSPS) is 24.4. The van der Waals surface area contributed by atoms with Crippen LogP contribution in [0.1, 0.15) is 39.5 Å². The van der Waals surface area contributed by atoms with Gasteiger partial charge in [-0.2, -0.15) is 0 Å². The van der Waals surface area contributed by atoms with E-state index in [2.05, 4.69) is 13.8 Å². The van der Waals surface area contributed by atoms with Crippen molar-refractivity contribution in [2.24, 2.45) is 5.92 Å². The maximum absolute atomic E-state index is 9.19. The Hall–Kier alpha value is -0.300. The molecular weight excluding hydrogens is 136 g/mol. The summed E-state index contributed by atoms with van der Waals surface area (Å²) in [5, 5.41) is 9.19. The van der Waals surface area contributed by atoms with Crippen molar-refractivity contribution in [3.63, 3.8) is 0 Å². The Morgan fingerprint density at radius 3 is 2.82 bits per heavy atom. The Bertz CT molecular complexity index is 147. The smallest absolute Gasteiger partial charge is 0.0726 e. The Morgan fingerprint density at radius 1 is 1.64 bits per heavy atom. The van der Waals surface area contributed by atoms with Gasteiger partial charge in [0.2, 0.25) is 0 Å². The minimum Gasteiger partial charge on any atom is -0.389 e. The number of rotatable bonds is 3. The molecule has 1 atom stereocenters. The highest BCUT2D eigenvalue weighted by molar-refractivity contribution is 5.11. The van der Waals surface area contributed by atoms with Crippen molar-refractivity contribution in [3.05, 3.63) is 11.6 Å². The van der Waals surface area contributed by atoms with Gasteiger partial charge in [0.15, 0.2) is 0 Å². The molecule has 0 fully saturated rings. The highest BCUT2D eigenvalue weighted by Gasteiger charge is 2.12. The quantitative estimate of drug-likeness (QED) is 0.619. The molecule has 11 heavy (non-hydrogen) atoms. The molecule has 0 saturated heterocycles. The third-order valence-electron chi connectivity index (χ3n) is 2.23. The first-order valence-corrected chi connectivity index (χ1v) is 4.56. The second-order valence-electron chi connectivity index (χ2n) is 3.86. The van der Waals surface area contributed by atoms with E-state index < -0.39 is 0 Å². The van der Waals surface area contributed by atoms with Gasteiger partial charge in [0, 0.05) is 0 Å². The summed E-state index contributed by atoms with van der Waals surface area (Å²) in [6.45, 7) is 4.48. The lowest BCUT2D eigenvalue weighted by Gasteiger charge is -2.03. The molecule has 1 aliphatic rings. The molecule has 1 heteroatoms. The van der Waals surface area contributed by atoms with Gasteiger partial charge in [-0.25, -0.2) is 0 Å². The number of hydrogen-bond acceptors (Lipinski definition) is 1. The SMILES string of the molecule is CC(C)CCC1=CC(O)CC1. The molecule has 0 saturated carbocycles. The van der Waals surface area contributed by atoms with E-state index in [4.69, 9.17) is 0 Å². The lowest BCUT2D eigenvalue weighted by molar-refractivity contribution is 0.223. The number of aliphatic hydroxyl groups is 1. The zero-order chi connectivity index (χ0) is 8.27. The van der Waals surface area contributed by atoms with Crippen molar-refractivity contribution in [2.45, 2.75) is 45.6 Å². The first-order valence-electron chi connectivity index (χ1n) is 4.56. The molecule has 0 heterocycles. The van der Waals surface area contributed by atoms with E-state index in [1.807, 2.05) is 6.08 Å². The predicted octanol–water partition coefficient (Wildman–Crippen LogP) is 2.50. The van der Waals surface area contributed by atoms with Gasteiger partial charge < -0.3 is 5.11 Å². The lowest BCUT2D eigenvalue weighted by atomic mass is 10.0. The fraction of sp³-hybridized carbons (Fsp3) is 0.800. The van der Waals surface area contributed by atoms with Crippen molar-refractivity contribution in [3.8, 4) is 0 Å². The fourth-order valence-corrected chi connectivity index (χ4v) is 1.45. The summed E-state index contributed by atoms with van der Waals surface area (Å²) < 4.78 is 0. The maximum Gasteiger partial charge on any atom is 0.0726 e. The van der Waals surface area contributed by atoms with Crippen LogP contribution >= 0.6 is 0 Å². The van der Waals surface area contributed by atoms with Crippen molar-refractivity contribution < 1.29 is 5.11 Å². The number of aliphatic hydroxyl groups excluding tert-OH is 1. The molecule has 1 rings (SSSR count). The molecule has 0 bridgehead atoms. The van der Waals surface area contributed by atoms with Crippen LogP contribution < -0.4 is 0 Å². The van der Waals surface area contributed by atoms with Crippen LogP contribution in [0.4, 0.5) is 0 Å². The summed E-state index contributed by atoms with van der Waals surface area (Å²) >= 11 is 0. The summed E-state index contributed by atoms with van der Waals surface area (Å²) in [6, 6.07) is 0. The molecule has 1 unspecified atom stereocenters. The summed E-state index contributed by atoms with van der Waals surface area (Å²) in [5.41, 5.74) is 1.46. The largest absolute Gasteiger partial charge is 0.389 e. The van der Waals surface area contributed by atoms with Crippen LogP contribution in [0.5, 0.6) is 0 Å². The van der Waals surface area contributed by atoms with Crippen LogP contribution in [0, 0.1) is 5.92 Å². The van der Waals surface area contributed by atoms with E-state index in [1.54, 1.807) is 0 Å². The second kappa shape index (κ2) is 3.91. The predicted molar refractivity (Wildman–Crippen MR) is 47.4 cm³/mol. The molecular formula is C10H18O. The van der Waals surface area contributed by atoms with Crippen LogP contribution in [0.15, 0.2) is 11.6 Å². The van der Waals surface area contributed by atoms with Crippen LogP contribution in [0.25, 0.3) is 0 Å². The Labute approximate surface area is 69.1 Å². The summed E-state index contributed by atoms with van der Waals surface area (Å²) in [4.78, 5) is 0. The third kappa shape index (κ3) is 3.06. The number of allylic oxidation sites excluding steroid dienone is 1. The van der Waals surface area contributed by atoms with E-state index in [-0.39, 0.29) is 6.10 Å². The van der Waals surface area contributed by atoms with Gasteiger partial charge >= 0.3 is 0 Å². The molecule has 0 aliphatic heterocycles. The molecule has 1 N–H and O–H groups in total. The third-order valence-corrected chi connectivity index (χ3v) is 2.23. The average molecular weight is 154 g/mol. The van der Waals surface area contributed by atoms with Crippen molar-refractivity contribution in [1.29, 1.82) is 0 Å². The van der Waals surface area contributed by atoms with Gasteiger partial charge in [-0.1, -0.05) is 25.5 Å². The highest BCUT2D eigenvalue weighted by atomic mass is 16.3. The van der Waals surface area contributed by atoms with Crippen molar-refractivity contribution in [1.82, 2.24) is 0 Å². The van der Waals surface area contributed by atoms with Gasteiger partial charge in [0.1, 0.15) is 0 Å². The van der Waals surface area contributed by atoms with E-state index in [0.29, 0.717) is 0 Å². The van der Waals surface area contributed by atoms with Gasteiger partial charge in [-0.05, 0) is 31.6 Å². The van der Waals surface area contributed by atoms with Crippen LogP contribution in [-0.2, 0) is 0 Å². The van der Waals surface area contributed by atoms with Gasteiger partial charge in [-0.15, -0.1) is 0 Å². The molecule has 1 nitrogen and oxygen atoms in total. The molecule has 0 radical (unpaired) electrons. The summed E-state index contributed by atoms with van der Waals surface area (Å²) in [6.07, 6.45) is 6.41. The first kappa shape index (κ1) is 8.79. The van der Waals surface area contributed by atoms with E-state index >= 15 is 0 Å². The Balaban J connectivity index is 2.22. The Kier molecular flexibility index (Phi) is 3.13. The van der Waals surface area contributed by atoms with Gasteiger partial charge in [-0.3, -0.25) is 0 Å². The second-order valence-corrected chi connectivity index (χ2v) is 3.86. The Morgan fingerprint density at radius 2 is 2.36 bits per heavy atom. The standard InChI is InChI=1S/C10H18O/c1-8(2)3-4-9-5-6-10(11)7-9/h7-8,10-11H,3-6H2,1-2H3. The van der Waals surface area contributed by atoms with Crippen LogP contribution in [0.3, 0.4) is 0 Å². The summed E-state index contributed by atoms with van der Waals surface area (Å²) in [7, 11) is 0. The van der Waals surface area contributed by atoms with Crippen LogP contribution in [0.2, 0.25) is 0 Å². The maximum atomic E-state index is 9.19. The van der Waals surface area contributed by atoms with E-state index in [0.717, 1.165) is 18.8 Å². The highest BCUT2D eigenvalue weighted by Crippen LogP contribution is 2.23. The zero-order valence-electron chi connectivity index (χ0n) is 7.51. The average Bonchev–Trinajstić information content (AvgIpc) is 2.31. The van der Waals surface area contributed by atoms with E-state index in [1.165, 1.54) is 18.4 Å². The first-order chi connectivity index (χ1) is 5.18. The topological polar surface area (TPSA) is 20.2 Å². The number of hydrogen-bond donors (Lipinski definition) is 1. The van der Waals surface area contributed by atoms with E-state index in [9.17, 15) is 5.11 Å². The summed E-state index contributed by atoms with van der Waals surface area (Å²) in [5.74, 6) is 0.786. The molecule has 64 valence electrons. The minimum absolute atomic E-state index is 0.142. The van der Waals surface area contributed by atoms with Crippen molar-refractivity contribution in [2.75, 3.05) is 0 Å². The molecule has 0 aromatic rings. The van der Waals surface area contributed by atoms with Crippen molar-refractivity contribution >= 4 is 0 Å². The molecule has 0 aromatic carbocycles. The molecule has 1 aliphatic carbocycles. The van der Waals surface area contributed by atoms with Gasteiger partial charge in [0.05, 0.1) is 6.10 Å². The fourth-order valence-electron chi connectivity index (χ4n) is 1.45. The lowest BCUT2D eigenvalue weighted by Crippen LogP contribution is -1.93. The van der Waals surface area contributed by atoms with Crippen LogP contribution in [-0.4, -0.2) is 11.2 Å². The molecule has 0 spiro atoms. The monoisotopic (exact) mass is 154 g/mol. The zero-order valence-corrected chi connectivity index (χ0v) is 7.51. The molecule has 0 aromatic heterocycles. The minimum atomic E-state index is -0.142.